The summed E-state index contributed by atoms with van der Waals surface area (Å²) in [6.45, 7) is 7.22. The number of hydrogen-bond donors (Lipinski definition) is 2. The summed E-state index contributed by atoms with van der Waals surface area (Å²) in [7, 11) is 1.70. The molecule has 1 atom stereocenters. The van der Waals surface area contributed by atoms with Crippen LogP contribution in [0.1, 0.15) is 51.0 Å². The molecule has 0 radical (unpaired) electrons. The van der Waals surface area contributed by atoms with Crippen LogP contribution in [-0.4, -0.2) is 30.8 Å². The first-order valence-corrected chi connectivity index (χ1v) is 9.37. The summed E-state index contributed by atoms with van der Waals surface area (Å²) in [6, 6.07) is 8.10. The van der Waals surface area contributed by atoms with E-state index in [0.29, 0.717) is 30.7 Å². The molecule has 2 rings (SSSR count). The topological polar surface area (TPSA) is 71.7 Å². The molecule has 1 unspecified atom stereocenters. The van der Waals surface area contributed by atoms with Gasteiger partial charge in [0.1, 0.15) is 17.7 Å². The number of ether oxygens (including phenoxy) is 1. The second kappa shape index (κ2) is 12.6. The molecule has 0 saturated heterocycles. The van der Waals surface area contributed by atoms with E-state index < -0.39 is 0 Å². The van der Waals surface area contributed by atoms with Crippen LogP contribution in [0.5, 0.6) is 5.75 Å². The number of aliphatic imine (C=N–C) groups is 1. The van der Waals surface area contributed by atoms with Gasteiger partial charge >= 0.3 is 0 Å². The highest BCUT2D eigenvalue weighted by atomic mass is 127. The molecule has 0 saturated carbocycles. The average Bonchev–Trinajstić information content (AvgIpc) is 3.11. The first-order valence-electron chi connectivity index (χ1n) is 9.37. The molecular weight excluding hydrogens is 474 g/mol. The summed E-state index contributed by atoms with van der Waals surface area (Å²) in [6.07, 6.45) is 1.93. The van der Waals surface area contributed by atoms with Crippen LogP contribution in [0.25, 0.3) is 0 Å². The molecule has 0 fully saturated rings. The number of hydrogen-bond acceptors (Lipinski definition) is 4. The zero-order valence-electron chi connectivity index (χ0n) is 16.9. The zero-order valence-corrected chi connectivity index (χ0v) is 19.2. The molecule has 8 heteroatoms. The van der Waals surface area contributed by atoms with Gasteiger partial charge in [0.25, 0.3) is 0 Å². The van der Waals surface area contributed by atoms with Gasteiger partial charge in [-0.2, -0.15) is 0 Å². The van der Waals surface area contributed by atoms with Crippen LogP contribution in [0, 0.1) is 5.82 Å². The Morgan fingerprint density at radius 1 is 1.25 bits per heavy atom. The molecule has 0 spiro atoms. The van der Waals surface area contributed by atoms with Crippen molar-refractivity contribution in [2.45, 2.75) is 52.2 Å². The van der Waals surface area contributed by atoms with Crippen LogP contribution >= 0.6 is 24.0 Å². The predicted octanol–water partition coefficient (Wildman–Crippen LogP) is 4.47. The maximum absolute atomic E-state index is 13.2. The van der Waals surface area contributed by atoms with E-state index in [1.54, 1.807) is 19.2 Å². The third-order valence-electron chi connectivity index (χ3n) is 4.33. The van der Waals surface area contributed by atoms with Gasteiger partial charge in [-0.05, 0) is 31.9 Å². The van der Waals surface area contributed by atoms with Gasteiger partial charge in [-0.3, -0.25) is 4.99 Å². The maximum Gasteiger partial charge on any atom is 0.191 e. The van der Waals surface area contributed by atoms with E-state index in [2.05, 4.69) is 34.6 Å². The van der Waals surface area contributed by atoms with Gasteiger partial charge in [-0.15, -0.1) is 24.0 Å². The number of aromatic nitrogens is 1. The van der Waals surface area contributed by atoms with E-state index in [9.17, 15) is 4.39 Å². The zero-order chi connectivity index (χ0) is 19.6. The van der Waals surface area contributed by atoms with Gasteiger partial charge in [0.2, 0.25) is 0 Å². The van der Waals surface area contributed by atoms with Crippen LogP contribution in [0.15, 0.2) is 39.8 Å². The van der Waals surface area contributed by atoms with Gasteiger partial charge < -0.3 is 19.9 Å². The Labute approximate surface area is 183 Å². The van der Waals surface area contributed by atoms with E-state index in [0.717, 1.165) is 24.3 Å². The average molecular weight is 504 g/mol. The summed E-state index contributed by atoms with van der Waals surface area (Å²) < 4.78 is 24.3. The fourth-order valence-corrected chi connectivity index (χ4v) is 2.76. The lowest BCUT2D eigenvalue weighted by molar-refractivity contribution is 0.223. The molecule has 0 bridgehead atoms. The summed E-state index contributed by atoms with van der Waals surface area (Å²) in [5.41, 5.74) is 0.997. The van der Waals surface area contributed by atoms with Crippen molar-refractivity contribution in [1.82, 2.24) is 15.8 Å². The third-order valence-corrected chi connectivity index (χ3v) is 4.33. The highest BCUT2D eigenvalue weighted by molar-refractivity contribution is 14.0. The molecule has 2 aromatic rings. The van der Waals surface area contributed by atoms with Crippen LogP contribution in [0.2, 0.25) is 0 Å². The van der Waals surface area contributed by atoms with Crippen molar-refractivity contribution < 1.29 is 13.7 Å². The van der Waals surface area contributed by atoms with Crippen molar-refractivity contribution in [3.05, 3.63) is 47.6 Å². The Bertz CT molecular complexity index is 735. The summed E-state index contributed by atoms with van der Waals surface area (Å²) in [5, 5.41) is 10.5. The largest absolute Gasteiger partial charge is 0.489 e. The number of guanidine groups is 1. The van der Waals surface area contributed by atoms with Gasteiger partial charge in [-0.1, -0.05) is 25.1 Å². The molecular formula is C20H30FIN4O2. The molecule has 0 amide bonds. The molecule has 1 aromatic carbocycles. The minimum Gasteiger partial charge on any atom is -0.489 e. The predicted molar refractivity (Wildman–Crippen MR) is 120 cm³/mol. The normalized spacial score (nSPS) is 12.4. The van der Waals surface area contributed by atoms with E-state index in [4.69, 9.17) is 9.26 Å². The van der Waals surface area contributed by atoms with E-state index in [1.165, 1.54) is 12.1 Å². The summed E-state index contributed by atoms with van der Waals surface area (Å²) in [5.74, 6) is 2.02. The monoisotopic (exact) mass is 504 g/mol. The number of nitrogens with zero attached hydrogens (tertiary/aromatic N) is 2. The third kappa shape index (κ3) is 7.65. The van der Waals surface area contributed by atoms with Gasteiger partial charge in [0, 0.05) is 25.1 Å². The standard InChI is InChI=1S/C20H29FN4O2.HI/c1-5-15(6-2)19-11-18(27-25-19)13-24-20(22-4)23-12-14(3)26-17-9-7-8-16(21)10-17;/h7-11,14-15H,5-6,12-13H2,1-4H3,(H2,22,23,24);1H. The number of rotatable bonds is 9. The highest BCUT2D eigenvalue weighted by Crippen LogP contribution is 2.22. The van der Waals surface area contributed by atoms with Crippen molar-refractivity contribution in [2.24, 2.45) is 4.99 Å². The Morgan fingerprint density at radius 2 is 2.00 bits per heavy atom. The molecule has 6 nitrogen and oxygen atoms in total. The van der Waals surface area contributed by atoms with Crippen LogP contribution in [0.3, 0.4) is 0 Å². The lowest BCUT2D eigenvalue weighted by Gasteiger charge is -2.17. The van der Waals surface area contributed by atoms with Crippen molar-refractivity contribution in [3.63, 3.8) is 0 Å². The van der Waals surface area contributed by atoms with Crippen LogP contribution in [0.4, 0.5) is 4.39 Å². The highest BCUT2D eigenvalue weighted by Gasteiger charge is 2.13. The Balaban J connectivity index is 0.00000392. The first kappa shape index (κ1) is 24.2. The van der Waals surface area contributed by atoms with E-state index in [-0.39, 0.29) is 35.9 Å². The second-order valence-electron chi connectivity index (χ2n) is 6.42. The van der Waals surface area contributed by atoms with Crippen molar-refractivity contribution >= 4 is 29.9 Å². The Morgan fingerprint density at radius 3 is 2.64 bits per heavy atom. The van der Waals surface area contributed by atoms with Crippen LogP contribution < -0.4 is 15.4 Å². The Hall–Kier alpha value is -1.84. The van der Waals surface area contributed by atoms with Gasteiger partial charge in [-0.25, -0.2) is 4.39 Å². The molecule has 0 aliphatic carbocycles. The summed E-state index contributed by atoms with van der Waals surface area (Å²) >= 11 is 0. The number of nitrogens with one attached hydrogen (secondary N) is 2. The number of halogens is 2. The molecule has 2 N–H and O–H groups in total. The molecule has 28 heavy (non-hydrogen) atoms. The molecule has 156 valence electrons. The van der Waals surface area contributed by atoms with Gasteiger partial charge in [0.05, 0.1) is 18.8 Å². The fourth-order valence-electron chi connectivity index (χ4n) is 2.76. The van der Waals surface area contributed by atoms with Gasteiger partial charge in [0.15, 0.2) is 11.7 Å². The lowest BCUT2D eigenvalue weighted by atomic mass is 9.99. The minimum atomic E-state index is -0.315. The molecule has 0 aliphatic heterocycles. The number of benzene rings is 1. The SMILES string of the molecule is CCC(CC)c1cc(CNC(=NC)NCC(C)Oc2cccc(F)c2)on1.I. The van der Waals surface area contributed by atoms with E-state index >= 15 is 0 Å². The maximum atomic E-state index is 13.2. The lowest BCUT2D eigenvalue weighted by Crippen LogP contribution is -2.41. The van der Waals surface area contributed by atoms with E-state index in [1.807, 2.05) is 13.0 Å². The molecule has 1 heterocycles. The minimum absolute atomic E-state index is 0. The van der Waals surface area contributed by atoms with Crippen molar-refractivity contribution in [1.29, 1.82) is 0 Å². The fraction of sp³-hybridized carbons (Fsp3) is 0.500. The first-order chi connectivity index (χ1) is 13.0. The Kier molecular flexibility index (Phi) is 10.9. The second-order valence-corrected chi connectivity index (χ2v) is 6.42. The van der Waals surface area contributed by atoms with Crippen molar-refractivity contribution in [2.75, 3.05) is 13.6 Å². The molecule has 0 aliphatic rings. The smallest absolute Gasteiger partial charge is 0.191 e. The van der Waals surface area contributed by atoms with Crippen molar-refractivity contribution in [3.8, 4) is 5.75 Å². The summed E-state index contributed by atoms with van der Waals surface area (Å²) in [4.78, 5) is 4.19. The quantitative estimate of drug-likeness (QED) is 0.300. The van der Waals surface area contributed by atoms with Crippen LogP contribution in [-0.2, 0) is 6.54 Å². The molecule has 1 aromatic heterocycles.